The highest BCUT2D eigenvalue weighted by atomic mass is 16.5. The van der Waals surface area contributed by atoms with Crippen LogP contribution >= 0.6 is 0 Å². The first kappa shape index (κ1) is 11.6. The van der Waals surface area contributed by atoms with E-state index in [2.05, 4.69) is 15.1 Å². The van der Waals surface area contributed by atoms with Crippen molar-refractivity contribution in [3.05, 3.63) is 42.4 Å². The first-order valence-electron chi connectivity index (χ1n) is 5.87. The minimum Gasteiger partial charge on any atom is -0.334 e. The fourth-order valence-corrected chi connectivity index (χ4v) is 1.80. The first-order chi connectivity index (χ1) is 9.28. The Kier molecular flexibility index (Phi) is 2.85. The molecule has 0 spiro atoms. The van der Waals surface area contributed by atoms with Gasteiger partial charge in [-0.1, -0.05) is 17.3 Å². The number of nitrogens with two attached hydrogens (primary N) is 1. The fraction of sp³-hybridized carbons (Fsp3) is 0.154. The van der Waals surface area contributed by atoms with Crippen LogP contribution in [0, 0.1) is 0 Å². The highest BCUT2D eigenvalue weighted by Gasteiger charge is 2.12. The molecule has 0 fully saturated rings. The summed E-state index contributed by atoms with van der Waals surface area (Å²) in [7, 11) is 1.88. The summed E-state index contributed by atoms with van der Waals surface area (Å²) in [6.07, 6.45) is 3.40. The lowest BCUT2D eigenvalue weighted by molar-refractivity contribution is 0.432. The van der Waals surface area contributed by atoms with E-state index < -0.39 is 0 Å². The fourth-order valence-electron chi connectivity index (χ4n) is 1.80. The minimum atomic E-state index is 0.486. The van der Waals surface area contributed by atoms with Crippen molar-refractivity contribution < 1.29 is 4.52 Å². The smallest absolute Gasteiger partial charge is 0.258 e. The normalized spacial score (nSPS) is 10.8. The molecule has 19 heavy (non-hydrogen) atoms. The highest BCUT2D eigenvalue weighted by molar-refractivity contribution is 5.57. The maximum Gasteiger partial charge on any atom is 0.258 e. The van der Waals surface area contributed by atoms with Crippen LogP contribution in [0.25, 0.3) is 23.0 Å². The Morgan fingerprint density at radius 3 is 2.68 bits per heavy atom. The summed E-state index contributed by atoms with van der Waals surface area (Å²) in [6, 6.07) is 7.73. The lowest BCUT2D eigenvalue weighted by atomic mass is 10.1. The standard InChI is InChI=1S/C13H13N5O/c1-18-8-15-7-11(18)12-16-13(19-17-12)10-4-2-9(6-14)3-5-10/h2-5,7-8H,6,14H2,1H3. The van der Waals surface area contributed by atoms with Gasteiger partial charge in [-0.3, -0.25) is 0 Å². The van der Waals surface area contributed by atoms with E-state index in [-0.39, 0.29) is 0 Å². The Bertz CT molecular complexity index is 683. The molecule has 2 N–H and O–H groups in total. The molecule has 0 saturated heterocycles. The third-order valence-corrected chi connectivity index (χ3v) is 2.91. The van der Waals surface area contributed by atoms with Gasteiger partial charge in [0.25, 0.3) is 5.89 Å². The average molecular weight is 255 g/mol. The van der Waals surface area contributed by atoms with Crippen LogP contribution in [0.4, 0.5) is 0 Å². The lowest BCUT2D eigenvalue weighted by Gasteiger charge is -1.97. The van der Waals surface area contributed by atoms with E-state index in [9.17, 15) is 0 Å². The maximum absolute atomic E-state index is 5.56. The van der Waals surface area contributed by atoms with Gasteiger partial charge in [0.1, 0.15) is 5.69 Å². The zero-order valence-electron chi connectivity index (χ0n) is 10.4. The van der Waals surface area contributed by atoms with Gasteiger partial charge in [-0.05, 0) is 17.7 Å². The number of nitrogens with zero attached hydrogens (tertiary/aromatic N) is 4. The monoisotopic (exact) mass is 255 g/mol. The van der Waals surface area contributed by atoms with Crippen LogP contribution in [0.1, 0.15) is 5.56 Å². The Morgan fingerprint density at radius 2 is 2.05 bits per heavy atom. The summed E-state index contributed by atoms with van der Waals surface area (Å²) >= 11 is 0. The second-order valence-electron chi connectivity index (χ2n) is 4.21. The lowest BCUT2D eigenvalue weighted by Crippen LogP contribution is -1.95. The molecule has 0 aliphatic rings. The molecule has 6 nitrogen and oxygen atoms in total. The van der Waals surface area contributed by atoms with Gasteiger partial charge < -0.3 is 14.8 Å². The van der Waals surface area contributed by atoms with Gasteiger partial charge in [0, 0.05) is 19.2 Å². The van der Waals surface area contributed by atoms with Gasteiger partial charge in [-0.25, -0.2) is 4.98 Å². The largest absolute Gasteiger partial charge is 0.334 e. The van der Waals surface area contributed by atoms with Crippen LogP contribution in [0.3, 0.4) is 0 Å². The molecular formula is C13H13N5O. The molecule has 2 aromatic heterocycles. The third-order valence-electron chi connectivity index (χ3n) is 2.91. The van der Waals surface area contributed by atoms with Crippen molar-refractivity contribution in [1.29, 1.82) is 0 Å². The topological polar surface area (TPSA) is 82.8 Å². The van der Waals surface area contributed by atoms with Gasteiger partial charge >= 0.3 is 0 Å². The quantitative estimate of drug-likeness (QED) is 0.768. The SMILES string of the molecule is Cn1cncc1-c1noc(-c2ccc(CN)cc2)n1. The summed E-state index contributed by atoms with van der Waals surface area (Å²) in [4.78, 5) is 8.40. The predicted octanol–water partition coefficient (Wildman–Crippen LogP) is 1.60. The summed E-state index contributed by atoms with van der Waals surface area (Å²) in [5.41, 5.74) is 8.31. The van der Waals surface area contributed by atoms with Crippen LogP contribution in [-0.4, -0.2) is 19.7 Å². The Balaban J connectivity index is 1.94. The molecular weight excluding hydrogens is 242 g/mol. The van der Waals surface area contributed by atoms with Gasteiger partial charge in [-0.2, -0.15) is 4.98 Å². The summed E-state index contributed by atoms with van der Waals surface area (Å²) in [6.45, 7) is 0.518. The summed E-state index contributed by atoms with van der Waals surface area (Å²) in [5, 5.41) is 3.97. The molecule has 6 heteroatoms. The molecule has 0 unspecified atom stereocenters. The number of rotatable bonds is 3. The van der Waals surface area contributed by atoms with Gasteiger partial charge in [0.2, 0.25) is 5.82 Å². The molecule has 1 aromatic carbocycles. The van der Waals surface area contributed by atoms with E-state index in [1.165, 1.54) is 0 Å². The molecule has 2 heterocycles. The van der Waals surface area contributed by atoms with E-state index in [0.29, 0.717) is 18.3 Å². The van der Waals surface area contributed by atoms with E-state index in [1.807, 2.05) is 35.9 Å². The van der Waals surface area contributed by atoms with Gasteiger partial charge in [0.15, 0.2) is 0 Å². The first-order valence-corrected chi connectivity index (χ1v) is 5.87. The molecule has 0 radical (unpaired) electrons. The molecule has 0 aliphatic carbocycles. The Hall–Kier alpha value is -2.47. The van der Waals surface area contributed by atoms with Gasteiger partial charge in [-0.15, -0.1) is 0 Å². The minimum absolute atomic E-state index is 0.486. The zero-order chi connectivity index (χ0) is 13.2. The average Bonchev–Trinajstić information content (AvgIpc) is 3.07. The number of hydrogen-bond donors (Lipinski definition) is 1. The molecule has 0 amide bonds. The van der Waals surface area contributed by atoms with Crippen molar-refractivity contribution in [2.24, 2.45) is 12.8 Å². The number of benzene rings is 1. The molecule has 3 rings (SSSR count). The van der Waals surface area contributed by atoms with Crippen molar-refractivity contribution in [3.63, 3.8) is 0 Å². The van der Waals surface area contributed by atoms with E-state index >= 15 is 0 Å². The van der Waals surface area contributed by atoms with Crippen LogP contribution in [0.2, 0.25) is 0 Å². The van der Waals surface area contributed by atoms with E-state index in [0.717, 1.165) is 16.8 Å². The number of imidazole rings is 1. The van der Waals surface area contributed by atoms with Crippen molar-refractivity contribution >= 4 is 0 Å². The van der Waals surface area contributed by atoms with E-state index in [1.54, 1.807) is 12.5 Å². The predicted molar refractivity (Wildman–Crippen MR) is 69.8 cm³/mol. The second-order valence-corrected chi connectivity index (χ2v) is 4.21. The van der Waals surface area contributed by atoms with Crippen molar-refractivity contribution in [3.8, 4) is 23.0 Å². The zero-order valence-corrected chi connectivity index (χ0v) is 10.4. The van der Waals surface area contributed by atoms with Crippen LogP contribution < -0.4 is 5.73 Å². The number of hydrogen-bond acceptors (Lipinski definition) is 5. The Labute approximate surface area is 109 Å². The van der Waals surface area contributed by atoms with Crippen LogP contribution in [-0.2, 0) is 13.6 Å². The van der Waals surface area contributed by atoms with Crippen LogP contribution in [0.15, 0.2) is 41.3 Å². The van der Waals surface area contributed by atoms with Crippen molar-refractivity contribution in [1.82, 2.24) is 19.7 Å². The third kappa shape index (κ3) is 2.13. The second kappa shape index (κ2) is 4.66. The van der Waals surface area contributed by atoms with Crippen LogP contribution in [0.5, 0.6) is 0 Å². The number of aryl methyl sites for hydroxylation is 1. The maximum atomic E-state index is 5.56. The molecule has 96 valence electrons. The molecule has 0 atom stereocenters. The van der Waals surface area contributed by atoms with E-state index in [4.69, 9.17) is 10.3 Å². The highest BCUT2D eigenvalue weighted by Crippen LogP contribution is 2.21. The molecule has 3 aromatic rings. The molecule has 0 bridgehead atoms. The van der Waals surface area contributed by atoms with Crippen molar-refractivity contribution in [2.45, 2.75) is 6.54 Å². The number of aromatic nitrogens is 4. The Morgan fingerprint density at radius 1 is 1.26 bits per heavy atom. The molecule has 0 saturated carbocycles. The summed E-state index contributed by atoms with van der Waals surface area (Å²) < 4.78 is 7.11. The van der Waals surface area contributed by atoms with Gasteiger partial charge in [0.05, 0.1) is 12.5 Å². The van der Waals surface area contributed by atoms with Crippen molar-refractivity contribution in [2.75, 3.05) is 0 Å². The summed E-state index contributed by atoms with van der Waals surface area (Å²) in [5.74, 6) is 1.01. The molecule has 0 aliphatic heterocycles.